The van der Waals surface area contributed by atoms with Gasteiger partial charge in [-0.25, -0.2) is 0 Å². The minimum Gasteiger partial charge on any atom is -0.462 e. The predicted molar refractivity (Wildman–Crippen MR) is 262 cm³/mol. The third kappa shape index (κ3) is 14.1. The predicted octanol–water partition coefficient (Wildman–Crippen LogP) is 6.33. The molecular weight excluding hydrogens is 863 g/mol. The van der Waals surface area contributed by atoms with E-state index in [1.165, 1.54) is 0 Å². The number of allylic oxidation sites excluding steroid dienone is 3. The Bertz CT molecular complexity index is 2240. The largest absolute Gasteiger partial charge is 0.462 e. The molecule has 14 nitrogen and oxygen atoms in total. The monoisotopic (exact) mass is 936 g/mol. The number of aliphatic hydroxyl groups excluding tert-OH is 4. The molecule has 4 aromatic rings. The van der Waals surface area contributed by atoms with Gasteiger partial charge in [0.05, 0.1) is 56.2 Å². The normalized spacial score (nSPS) is 30.2. The highest BCUT2D eigenvalue weighted by atomic mass is 16.7. The fourth-order valence-electron chi connectivity index (χ4n) is 9.56. The van der Waals surface area contributed by atoms with Crippen molar-refractivity contribution in [2.45, 2.75) is 122 Å². The minimum absolute atomic E-state index is 0.1000. The molecule has 368 valence electrons. The van der Waals surface area contributed by atoms with Gasteiger partial charge in [0, 0.05) is 36.4 Å². The van der Waals surface area contributed by atoms with Crippen LogP contribution in [-0.4, -0.2) is 140 Å². The summed E-state index contributed by atoms with van der Waals surface area (Å²) in [5.41, 5.74) is 5.85. The van der Waals surface area contributed by atoms with E-state index in [1.54, 1.807) is 45.0 Å². The number of ketones is 1. The Morgan fingerprint density at radius 2 is 1.51 bits per heavy atom. The van der Waals surface area contributed by atoms with Gasteiger partial charge in [-0.1, -0.05) is 129 Å². The third-order valence-corrected chi connectivity index (χ3v) is 13.7. The maximum Gasteiger partial charge on any atom is 0.308 e. The highest BCUT2D eigenvalue weighted by Crippen LogP contribution is 2.35. The second-order valence-electron chi connectivity index (χ2n) is 19.1. The maximum atomic E-state index is 14.0. The van der Waals surface area contributed by atoms with E-state index in [-0.39, 0.29) is 18.8 Å². The number of carbonyl (C=O) groups is 2. The van der Waals surface area contributed by atoms with Gasteiger partial charge in [-0.3, -0.25) is 19.2 Å². The summed E-state index contributed by atoms with van der Waals surface area (Å²) < 4.78 is 20.8. The van der Waals surface area contributed by atoms with Crippen LogP contribution >= 0.6 is 0 Å². The van der Waals surface area contributed by atoms with Gasteiger partial charge in [0.15, 0.2) is 12.1 Å². The molecule has 6 rings (SSSR count). The molecule has 2 aliphatic rings. The summed E-state index contributed by atoms with van der Waals surface area (Å²) in [7, 11) is 3.54. The van der Waals surface area contributed by atoms with Crippen LogP contribution in [0.5, 0.6) is 0 Å². The zero-order valence-electron chi connectivity index (χ0n) is 40.8. The van der Waals surface area contributed by atoms with Crippen LogP contribution in [0.1, 0.15) is 65.9 Å². The van der Waals surface area contributed by atoms with E-state index in [1.807, 2.05) is 74.1 Å². The zero-order valence-corrected chi connectivity index (χ0v) is 40.8. The lowest BCUT2D eigenvalue weighted by Crippen LogP contribution is -2.63. The molecule has 68 heavy (non-hydrogen) atoms. The summed E-state index contributed by atoms with van der Waals surface area (Å²) in [6.45, 7) is 11.2. The van der Waals surface area contributed by atoms with Gasteiger partial charge in [0.1, 0.15) is 17.9 Å². The molecule has 1 saturated heterocycles. The first kappa shape index (κ1) is 52.5. The second kappa shape index (κ2) is 25.1. The van der Waals surface area contributed by atoms with E-state index in [2.05, 4.69) is 63.7 Å². The molecule has 4 N–H and O–H groups in total. The van der Waals surface area contributed by atoms with Gasteiger partial charge in [-0.05, 0) is 82.4 Å². The van der Waals surface area contributed by atoms with Crippen molar-refractivity contribution < 1.29 is 44.2 Å². The first-order chi connectivity index (χ1) is 32.6. The SMILES string of the molecule is CC[C@H]1OC(=O)C[C@@H](O)[C@H](C)[C@@H](O[C@@H]2O[C@H](C)[C@@H](O)C(N(C)C)C2O)[C@@H](CCN(CCn2cc(-c3ccc(-c4ccccc4)cc3)nn2)Cc2ccccc2)C[C@@H](C)C(=O)/C=C/C(C)=C/[C@@H]1CO. The van der Waals surface area contributed by atoms with E-state index in [0.29, 0.717) is 45.4 Å². The number of benzene rings is 3. The molecule has 0 radical (unpaired) electrons. The van der Waals surface area contributed by atoms with Gasteiger partial charge in [-0.15, -0.1) is 5.10 Å². The number of hydrogen-bond acceptors (Lipinski definition) is 13. The molecule has 14 heteroatoms. The van der Waals surface area contributed by atoms with Gasteiger partial charge < -0.3 is 39.5 Å². The van der Waals surface area contributed by atoms with Crippen molar-refractivity contribution in [1.82, 2.24) is 24.8 Å². The summed E-state index contributed by atoms with van der Waals surface area (Å²) in [4.78, 5) is 31.6. The number of likely N-dealkylation sites (N-methyl/N-ethyl adjacent to an activating group) is 1. The van der Waals surface area contributed by atoms with Crippen LogP contribution in [0.2, 0.25) is 0 Å². The van der Waals surface area contributed by atoms with Crippen LogP contribution in [0.15, 0.2) is 115 Å². The van der Waals surface area contributed by atoms with E-state index in [9.17, 15) is 30.0 Å². The first-order valence-corrected chi connectivity index (χ1v) is 24.2. The number of esters is 1. The molecule has 0 aliphatic carbocycles. The van der Waals surface area contributed by atoms with Crippen LogP contribution in [0, 0.1) is 23.7 Å². The van der Waals surface area contributed by atoms with Crippen molar-refractivity contribution in [1.29, 1.82) is 0 Å². The third-order valence-electron chi connectivity index (χ3n) is 13.7. The van der Waals surface area contributed by atoms with E-state index in [4.69, 9.17) is 14.2 Å². The molecule has 2 aliphatic heterocycles. The average molecular weight is 936 g/mol. The van der Waals surface area contributed by atoms with E-state index in [0.717, 1.165) is 33.5 Å². The van der Waals surface area contributed by atoms with Crippen molar-refractivity contribution in [3.05, 3.63) is 120 Å². The summed E-state index contributed by atoms with van der Waals surface area (Å²) in [5, 5.41) is 54.1. The Balaban J connectivity index is 1.30. The molecule has 0 spiro atoms. The average Bonchev–Trinajstić information content (AvgIpc) is 3.82. The maximum absolute atomic E-state index is 14.0. The van der Waals surface area contributed by atoms with Crippen molar-refractivity contribution in [2.75, 3.05) is 33.8 Å². The molecule has 0 saturated carbocycles. The Labute approximate surface area is 402 Å². The molecule has 3 aromatic carbocycles. The van der Waals surface area contributed by atoms with Crippen molar-refractivity contribution in [3.8, 4) is 22.4 Å². The minimum atomic E-state index is -1.27. The lowest BCUT2D eigenvalue weighted by molar-refractivity contribution is -0.304. The van der Waals surface area contributed by atoms with Crippen LogP contribution in [0.4, 0.5) is 0 Å². The summed E-state index contributed by atoms with van der Waals surface area (Å²) in [6, 6.07) is 28.0. The summed E-state index contributed by atoms with van der Waals surface area (Å²) >= 11 is 0. The fraction of sp³-hybridized carbons (Fsp3) is 0.519. The number of nitrogens with zero attached hydrogens (tertiary/aromatic N) is 5. The van der Waals surface area contributed by atoms with Gasteiger partial charge in [0.25, 0.3) is 0 Å². The van der Waals surface area contributed by atoms with E-state index < -0.39 is 78.6 Å². The van der Waals surface area contributed by atoms with Crippen molar-refractivity contribution in [2.24, 2.45) is 23.7 Å². The van der Waals surface area contributed by atoms with Gasteiger partial charge in [0.2, 0.25) is 0 Å². The second-order valence-corrected chi connectivity index (χ2v) is 19.1. The highest BCUT2D eigenvalue weighted by molar-refractivity contribution is 5.91. The summed E-state index contributed by atoms with van der Waals surface area (Å²) in [5.74, 6) is -2.84. The lowest BCUT2D eigenvalue weighted by atomic mass is 9.79. The number of rotatable bonds is 15. The molecule has 1 aromatic heterocycles. The molecule has 3 heterocycles. The smallest absolute Gasteiger partial charge is 0.308 e. The first-order valence-electron chi connectivity index (χ1n) is 24.2. The highest BCUT2D eigenvalue weighted by Gasteiger charge is 2.47. The molecule has 0 bridgehead atoms. The quantitative estimate of drug-likeness (QED) is 0.0973. The molecule has 1 fully saturated rings. The Morgan fingerprint density at radius 3 is 2.18 bits per heavy atom. The topological polar surface area (TPSA) is 180 Å². The Hall–Kier alpha value is -4.90. The van der Waals surface area contributed by atoms with Crippen LogP contribution in [0.25, 0.3) is 22.4 Å². The Kier molecular flexibility index (Phi) is 19.4. The molecule has 12 atom stereocenters. The van der Waals surface area contributed by atoms with Gasteiger partial charge in [-0.2, -0.15) is 0 Å². The zero-order chi connectivity index (χ0) is 48.9. The van der Waals surface area contributed by atoms with Crippen LogP contribution in [0.3, 0.4) is 0 Å². The standard InChI is InChI=1S/C54H73N5O9/c1-8-48-44(34-60)29-35(2)19-24-46(61)36(3)30-43(53(37(4)47(62)31-49(63)67-48)68-54-52(65)50(57(6)7)51(64)38(5)66-54)25-26-58(32-39-15-11-9-12-16-39)27-28-59-33-45(55-56-59)42-22-20-41(21-23-42)40-17-13-10-14-18-40/h9-24,29,33,36-38,43-44,47-48,50-54,60,62,64-65H,8,25-28,30-32,34H2,1-7H3/b24-19+,35-29+/t36-,37+,38-,43+,44-,47-,48-,50?,51-,52?,53-,54+/m1/s1. The number of cyclic esters (lactones) is 1. The molecular formula is C54H73N5O9. The summed E-state index contributed by atoms with van der Waals surface area (Å²) in [6.07, 6.45) is 1.06. The molecule has 0 amide bonds. The Morgan fingerprint density at radius 1 is 0.853 bits per heavy atom. The molecule has 2 unspecified atom stereocenters. The van der Waals surface area contributed by atoms with Crippen LogP contribution in [-0.2, 0) is 36.9 Å². The van der Waals surface area contributed by atoms with Crippen molar-refractivity contribution in [3.63, 3.8) is 0 Å². The fourth-order valence-corrected chi connectivity index (χ4v) is 9.56. The number of carbonyl (C=O) groups excluding carboxylic acids is 2. The number of aromatic nitrogens is 3. The number of hydrogen-bond donors (Lipinski definition) is 4. The van der Waals surface area contributed by atoms with Crippen LogP contribution < -0.4 is 0 Å². The number of aliphatic hydroxyl groups is 4. The van der Waals surface area contributed by atoms with Gasteiger partial charge >= 0.3 is 5.97 Å². The number of ether oxygens (including phenoxy) is 3. The van der Waals surface area contributed by atoms with E-state index >= 15 is 0 Å². The lowest BCUT2D eigenvalue weighted by Gasteiger charge is -2.46. The van der Waals surface area contributed by atoms with Crippen molar-refractivity contribution >= 4 is 11.8 Å².